The third-order valence-electron chi connectivity index (χ3n) is 3.70. The SMILES string of the molecule is NC(CC1CCCC1)c1cccc(C(F)(F)F)c1. The van der Waals surface area contributed by atoms with E-state index in [0.717, 1.165) is 25.3 Å². The Morgan fingerprint density at radius 2 is 1.89 bits per heavy atom. The van der Waals surface area contributed by atoms with Gasteiger partial charge >= 0.3 is 6.18 Å². The molecule has 1 saturated carbocycles. The number of nitrogens with two attached hydrogens (primary N) is 1. The van der Waals surface area contributed by atoms with Gasteiger partial charge in [-0.15, -0.1) is 0 Å². The number of alkyl halides is 3. The third kappa shape index (κ3) is 3.25. The Bertz CT molecular complexity index is 394. The van der Waals surface area contributed by atoms with E-state index in [2.05, 4.69) is 0 Å². The molecule has 0 amide bonds. The molecular formula is C14H18F3N. The molecule has 4 heteroatoms. The van der Waals surface area contributed by atoms with Crippen LogP contribution in [0, 0.1) is 5.92 Å². The highest BCUT2D eigenvalue weighted by Gasteiger charge is 2.31. The van der Waals surface area contributed by atoms with Gasteiger partial charge < -0.3 is 5.73 Å². The van der Waals surface area contributed by atoms with Crippen molar-refractivity contribution in [2.45, 2.75) is 44.3 Å². The lowest BCUT2D eigenvalue weighted by molar-refractivity contribution is -0.137. The minimum atomic E-state index is -4.29. The molecule has 0 aromatic heterocycles. The van der Waals surface area contributed by atoms with Gasteiger partial charge in [-0.3, -0.25) is 0 Å². The van der Waals surface area contributed by atoms with Crippen LogP contribution < -0.4 is 5.73 Å². The fourth-order valence-corrected chi connectivity index (χ4v) is 2.69. The average Bonchev–Trinajstić information content (AvgIpc) is 2.81. The number of benzene rings is 1. The van der Waals surface area contributed by atoms with Gasteiger partial charge in [-0.2, -0.15) is 13.2 Å². The summed E-state index contributed by atoms with van der Waals surface area (Å²) in [6, 6.07) is 5.11. The van der Waals surface area contributed by atoms with Crippen molar-refractivity contribution in [3.8, 4) is 0 Å². The summed E-state index contributed by atoms with van der Waals surface area (Å²) in [7, 11) is 0. The van der Waals surface area contributed by atoms with Crippen molar-refractivity contribution in [2.75, 3.05) is 0 Å². The number of hydrogen-bond donors (Lipinski definition) is 1. The van der Waals surface area contributed by atoms with Gasteiger partial charge in [0.2, 0.25) is 0 Å². The van der Waals surface area contributed by atoms with Crippen molar-refractivity contribution in [1.82, 2.24) is 0 Å². The Kier molecular flexibility index (Phi) is 3.95. The molecule has 1 fully saturated rings. The highest BCUT2D eigenvalue weighted by molar-refractivity contribution is 5.27. The van der Waals surface area contributed by atoms with Crippen LogP contribution in [0.3, 0.4) is 0 Å². The maximum Gasteiger partial charge on any atom is 0.416 e. The molecule has 18 heavy (non-hydrogen) atoms. The van der Waals surface area contributed by atoms with Crippen molar-refractivity contribution in [2.24, 2.45) is 11.7 Å². The maximum atomic E-state index is 12.6. The van der Waals surface area contributed by atoms with Crippen LogP contribution >= 0.6 is 0 Å². The second-order valence-electron chi connectivity index (χ2n) is 5.12. The van der Waals surface area contributed by atoms with Crippen LogP contribution in [0.2, 0.25) is 0 Å². The van der Waals surface area contributed by atoms with Crippen molar-refractivity contribution >= 4 is 0 Å². The molecule has 100 valence electrons. The molecule has 2 N–H and O–H groups in total. The topological polar surface area (TPSA) is 26.0 Å². The van der Waals surface area contributed by atoms with Crippen molar-refractivity contribution in [1.29, 1.82) is 0 Å². The molecule has 2 rings (SSSR count). The summed E-state index contributed by atoms with van der Waals surface area (Å²) >= 11 is 0. The molecule has 1 aromatic carbocycles. The number of hydrogen-bond acceptors (Lipinski definition) is 1. The zero-order valence-electron chi connectivity index (χ0n) is 10.2. The molecular weight excluding hydrogens is 239 g/mol. The van der Waals surface area contributed by atoms with E-state index in [-0.39, 0.29) is 6.04 Å². The first-order valence-electron chi connectivity index (χ1n) is 6.39. The molecule has 0 saturated heterocycles. The van der Waals surface area contributed by atoms with Crippen LogP contribution in [0.4, 0.5) is 13.2 Å². The molecule has 0 heterocycles. The molecule has 0 radical (unpaired) electrons. The van der Waals surface area contributed by atoms with Crippen LogP contribution in [0.5, 0.6) is 0 Å². The normalized spacial score (nSPS) is 19.1. The minimum absolute atomic E-state index is 0.282. The summed E-state index contributed by atoms with van der Waals surface area (Å²) in [5.74, 6) is 0.578. The summed E-state index contributed by atoms with van der Waals surface area (Å²) in [6.45, 7) is 0. The summed E-state index contributed by atoms with van der Waals surface area (Å²) in [5, 5.41) is 0. The Labute approximate surface area is 105 Å². The summed E-state index contributed by atoms with van der Waals surface area (Å²) in [5.41, 5.74) is 6.00. The van der Waals surface area contributed by atoms with Gasteiger partial charge in [-0.25, -0.2) is 0 Å². The maximum absolute atomic E-state index is 12.6. The van der Waals surface area contributed by atoms with Crippen LogP contribution in [0.1, 0.15) is 49.3 Å². The second-order valence-corrected chi connectivity index (χ2v) is 5.12. The van der Waals surface area contributed by atoms with Crippen molar-refractivity contribution in [3.05, 3.63) is 35.4 Å². The molecule has 0 bridgehead atoms. The lowest BCUT2D eigenvalue weighted by Gasteiger charge is -2.18. The van der Waals surface area contributed by atoms with E-state index in [1.54, 1.807) is 6.07 Å². The highest BCUT2D eigenvalue weighted by atomic mass is 19.4. The van der Waals surface area contributed by atoms with E-state index in [1.165, 1.54) is 25.0 Å². The quantitative estimate of drug-likeness (QED) is 0.859. The number of halogens is 3. The smallest absolute Gasteiger partial charge is 0.324 e. The van der Waals surface area contributed by atoms with E-state index in [1.807, 2.05) is 0 Å². The average molecular weight is 257 g/mol. The van der Waals surface area contributed by atoms with Gasteiger partial charge in [-0.1, -0.05) is 37.8 Å². The van der Waals surface area contributed by atoms with Crippen molar-refractivity contribution < 1.29 is 13.2 Å². The van der Waals surface area contributed by atoms with E-state index in [9.17, 15) is 13.2 Å². The zero-order chi connectivity index (χ0) is 13.2. The molecule has 1 aromatic rings. The monoisotopic (exact) mass is 257 g/mol. The Balaban J connectivity index is 2.07. The van der Waals surface area contributed by atoms with Crippen LogP contribution in [0.15, 0.2) is 24.3 Å². The fraction of sp³-hybridized carbons (Fsp3) is 0.571. The van der Waals surface area contributed by atoms with E-state index < -0.39 is 11.7 Å². The molecule has 1 unspecified atom stereocenters. The predicted octanol–water partition coefficient (Wildman–Crippen LogP) is 4.29. The Morgan fingerprint density at radius 1 is 1.22 bits per heavy atom. The Hall–Kier alpha value is -1.03. The summed E-state index contributed by atoms with van der Waals surface area (Å²) < 4.78 is 37.8. The fourth-order valence-electron chi connectivity index (χ4n) is 2.69. The van der Waals surface area contributed by atoms with Gasteiger partial charge in [0.1, 0.15) is 0 Å². The van der Waals surface area contributed by atoms with E-state index in [4.69, 9.17) is 5.73 Å². The van der Waals surface area contributed by atoms with Gasteiger partial charge in [0.05, 0.1) is 5.56 Å². The molecule has 1 atom stereocenters. The standard InChI is InChI=1S/C14H18F3N/c15-14(16,17)12-7-3-6-11(9-12)13(18)8-10-4-1-2-5-10/h3,6-7,9-10,13H,1-2,4-5,8,18H2. The molecule has 1 aliphatic rings. The van der Waals surface area contributed by atoms with Crippen LogP contribution in [-0.2, 0) is 6.18 Å². The minimum Gasteiger partial charge on any atom is -0.324 e. The first-order chi connectivity index (χ1) is 8.47. The lowest BCUT2D eigenvalue weighted by atomic mass is 9.93. The molecule has 1 aliphatic carbocycles. The summed E-state index contributed by atoms with van der Waals surface area (Å²) in [4.78, 5) is 0. The highest BCUT2D eigenvalue weighted by Crippen LogP contribution is 2.34. The first kappa shape index (κ1) is 13.4. The third-order valence-corrected chi connectivity index (χ3v) is 3.70. The largest absolute Gasteiger partial charge is 0.416 e. The van der Waals surface area contributed by atoms with Gasteiger partial charge in [0.25, 0.3) is 0 Å². The molecule has 1 nitrogen and oxygen atoms in total. The lowest BCUT2D eigenvalue weighted by Crippen LogP contribution is -2.15. The van der Waals surface area contributed by atoms with Crippen LogP contribution in [-0.4, -0.2) is 0 Å². The first-order valence-corrected chi connectivity index (χ1v) is 6.39. The van der Waals surface area contributed by atoms with Crippen molar-refractivity contribution in [3.63, 3.8) is 0 Å². The summed E-state index contributed by atoms with van der Waals surface area (Å²) in [6.07, 6.45) is 1.27. The van der Waals surface area contributed by atoms with Gasteiger partial charge in [-0.05, 0) is 30.0 Å². The number of rotatable bonds is 3. The Morgan fingerprint density at radius 3 is 2.50 bits per heavy atom. The molecule has 0 aliphatic heterocycles. The second kappa shape index (κ2) is 5.31. The van der Waals surface area contributed by atoms with E-state index >= 15 is 0 Å². The van der Waals surface area contributed by atoms with E-state index in [0.29, 0.717) is 11.5 Å². The van der Waals surface area contributed by atoms with Gasteiger partial charge in [0, 0.05) is 6.04 Å². The predicted molar refractivity (Wildman–Crippen MR) is 64.9 cm³/mol. The molecule has 0 spiro atoms. The van der Waals surface area contributed by atoms with Gasteiger partial charge in [0.15, 0.2) is 0 Å². The van der Waals surface area contributed by atoms with Crippen LogP contribution in [0.25, 0.3) is 0 Å². The zero-order valence-corrected chi connectivity index (χ0v) is 10.2.